The molecule has 0 saturated heterocycles. The second kappa shape index (κ2) is 7.64. The number of nitrogens with two attached hydrogens (primary N) is 1. The zero-order valence-electron chi connectivity index (χ0n) is 15.2. The van der Waals surface area contributed by atoms with E-state index in [4.69, 9.17) is 5.73 Å². The van der Waals surface area contributed by atoms with Gasteiger partial charge >= 0.3 is 6.18 Å². The minimum atomic E-state index is -4.57. The molecule has 0 atom stereocenters. The van der Waals surface area contributed by atoms with E-state index in [1.165, 1.54) is 0 Å². The molecule has 1 aliphatic rings. The van der Waals surface area contributed by atoms with Gasteiger partial charge in [-0.2, -0.15) is 18.4 Å². The van der Waals surface area contributed by atoms with Crippen LogP contribution in [0, 0.1) is 11.3 Å². The highest BCUT2D eigenvalue weighted by Crippen LogP contribution is 2.39. The van der Waals surface area contributed by atoms with Crippen LogP contribution in [0.2, 0.25) is 0 Å². The third-order valence-electron chi connectivity index (χ3n) is 5.16. The Morgan fingerprint density at radius 3 is 2.46 bits per heavy atom. The molecule has 1 saturated carbocycles. The normalized spacial score (nSPS) is 20.0. The molecule has 148 valence electrons. The number of nitriles is 1. The molecule has 0 amide bonds. The van der Waals surface area contributed by atoms with E-state index in [1.807, 2.05) is 13.1 Å². The van der Waals surface area contributed by atoms with Gasteiger partial charge in [-0.05, 0) is 50.9 Å². The summed E-state index contributed by atoms with van der Waals surface area (Å²) in [5, 5.41) is 22.8. The highest BCUT2D eigenvalue weighted by Gasteiger charge is 2.32. The molecule has 1 aromatic carbocycles. The van der Waals surface area contributed by atoms with Crippen molar-refractivity contribution in [3.05, 3.63) is 35.0 Å². The number of halogens is 3. The molecule has 4 N–H and O–H groups in total. The fraction of sp³-hybridized carbons (Fsp3) is 0.421. The zero-order valence-corrected chi connectivity index (χ0v) is 15.2. The number of phenols is 1. The Labute approximate surface area is 160 Å². The van der Waals surface area contributed by atoms with Crippen LogP contribution in [0.4, 0.5) is 19.0 Å². The van der Waals surface area contributed by atoms with Crippen molar-refractivity contribution in [2.75, 3.05) is 12.8 Å². The van der Waals surface area contributed by atoms with Crippen molar-refractivity contribution in [2.45, 2.75) is 43.8 Å². The summed E-state index contributed by atoms with van der Waals surface area (Å²) in [6.45, 7) is 0. The number of alkyl halides is 3. The van der Waals surface area contributed by atoms with Crippen LogP contribution in [-0.2, 0) is 6.18 Å². The second-order valence-electron chi connectivity index (χ2n) is 6.87. The van der Waals surface area contributed by atoms with E-state index in [0.717, 1.165) is 43.9 Å². The molecule has 0 radical (unpaired) electrons. The Morgan fingerprint density at radius 2 is 1.89 bits per heavy atom. The first-order valence-electron chi connectivity index (χ1n) is 8.90. The van der Waals surface area contributed by atoms with E-state index in [0.29, 0.717) is 11.7 Å². The van der Waals surface area contributed by atoms with Gasteiger partial charge in [-0.3, -0.25) is 0 Å². The predicted octanol–water partition coefficient (Wildman–Crippen LogP) is 3.57. The van der Waals surface area contributed by atoms with Gasteiger partial charge in [-0.15, -0.1) is 0 Å². The highest BCUT2D eigenvalue weighted by molar-refractivity contribution is 5.68. The first-order valence-corrected chi connectivity index (χ1v) is 8.90. The third kappa shape index (κ3) is 3.87. The number of nitrogens with zero attached hydrogens (tertiary/aromatic N) is 3. The van der Waals surface area contributed by atoms with Crippen LogP contribution in [0.15, 0.2) is 18.2 Å². The first-order chi connectivity index (χ1) is 13.2. The van der Waals surface area contributed by atoms with Crippen molar-refractivity contribution in [2.24, 2.45) is 0 Å². The maximum Gasteiger partial charge on any atom is 0.416 e. The molecule has 6 nitrogen and oxygen atoms in total. The van der Waals surface area contributed by atoms with Gasteiger partial charge in [0.2, 0.25) is 0 Å². The van der Waals surface area contributed by atoms with Crippen LogP contribution in [0.25, 0.3) is 11.4 Å². The predicted molar refractivity (Wildman–Crippen MR) is 97.3 cm³/mol. The lowest BCUT2D eigenvalue weighted by Crippen LogP contribution is -2.30. The Hall–Kier alpha value is -2.86. The molecule has 0 spiro atoms. The Kier molecular flexibility index (Phi) is 5.42. The molecule has 1 heterocycles. The molecular weight excluding hydrogens is 371 g/mol. The van der Waals surface area contributed by atoms with Crippen molar-refractivity contribution in [1.82, 2.24) is 15.3 Å². The highest BCUT2D eigenvalue weighted by atomic mass is 19.4. The maximum atomic E-state index is 13.1. The van der Waals surface area contributed by atoms with E-state index < -0.39 is 11.7 Å². The number of hydrogen-bond donors (Lipinski definition) is 3. The van der Waals surface area contributed by atoms with Crippen LogP contribution < -0.4 is 11.1 Å². The fourth-order valence-electron chi connectivity index (χ4n) is 3.57. The number of aromatic hydroxyl groups is 1. The summed E-state index contributed by atoms with van der Waals surface area (Å²) in [5.74, 6) is -0.654. The molecule has 2 aromatic rings. The van der Waals surface area contributed by atoms with E-state index >= 15 is 0 Å². The average molecular weight is 391 g/mol. The number of nitrogen functional groups attached to an aromatic ring is 1. The van der Waals surface area contributed by atoms with Gasteiger partial charge in [0.25, 0.3) is 0 Å². The van der Waals surface area contributed by atoms with Gasteiger partial charge in [0.15, 0.2) is 5.82 Å². The molecule has 0 unspecified atom stereocenters. The molecule has 1 aliphatic carbocycles. The quantitative estimate of drug-likeness (QED) is 0.738. The van der Waals surface area contributed by atoms with Crippen molar-refractivity contribution in [1.29, 1.82) is 5.26 Å². The summed E-state index contributed by atoms with van der Waals surface area (Å²) in [6.07, 6.45) is -1.26. The number of nitrogens with one attached hydrogen (secondary N) is 1. The van der Waals surface area contributed by atoms with Gasteiger partial charge in [0, 0.05) is 12.0 Å². The van der Waals surface area contributed by atoms with Crippen LogP contribution in [-0.4, -0.2) is 28.2 Å². The van der Waals surface area contributed by atoms with Crippen molar-refractivity contribution >= 4 is 5.82 Å². The van der Waals surface area contributed by atoms with Gasteiger partial charge < -0.3 is 16.2 Å². The number of anilines is 1. The monoisotopic (exact) mass is 391 g/mol. The number of phenolic OH excluding ortho intramolecular Hbond substituents is 1. The minimum Gasteiger partial charge on any atom is -0.507 e. The molecular formula is C19H20F3N5O. The topological polar surface area (TPSA) is 108 Å². The standard InChI is InChI=1S/C19H20F3N5O/c1-25-12-5-2-10(3-6-12)16-14(9-23)17(24)27-18(26-16)13-8-11(19(20,21)22)4-7-15(13)28/h4,7-8,10,12,25,28H,2-3,5-6H2,1H3,(H2,24,26,27). The lowest BCUT2D eigenvalue weighted by Gasteiger charge is -2.28. The number of rotatable bonds is 3. The second-order valence-corrected chi connectivity index (χ2v) is 6.87. The smallest absolute Gasteiger partial charge is 0.416 e. The van der Waals surface area contributed by atoms with Crippen LogP contribution in [0.3, 0.4) is 0 Å². The summed E-state index contributed by atoms with van der Waals surface area (Å²) in [4.78, 5) is 8.36. The molecule has 3 rings (SSSR count). The maximum absolute atomic E-state index is 13.1. The zero-order chi connectivity index (χ0) is 20.5. The van der Waals surface area contributed by atoms with Gasteiger partial charge in [0.1, 0.15) is 23.2 Å². The average Bonchev–Trinajstić information content (AvgIpc) is 2.67. The van der Waals surface area contributed by atoms with Crippen molar-refractivity contribution in [3.63, 3.8) is 0 Å². The van der Waals surface area contributed by atoms with E-state index in [2.05, 4.69) is 15.3 Å². The van der Waals surface area contributed by atoms with E-state index in [-0.39, 0.29) is 34.4 Å². The van der Waals surface area contributed by atoms with Crippen LogP contribution in [0.1, 0.15) is 48.4 Å². The van der Waals surface area contributed by atoms with Gasteiger partial charge in [0.05, 0.1) is 16.8 Å². The van der Waals surface area contributed by atoms with Gasteiger partial charge in [-0.1, -0.05) is 0 Å². The van der Waals surface area contributed by atoms with Crippen LogP contribution >= 0.6 is 0 Å². The van der Waals surface area contributed by atoms with Gasteiger partial charge in [-0.25, -0.2) is 9.97 Å². The summed E-state index contributed by atoms with van der Waals surface area (Å²) < 4.78 is 39.2. The first kappa shape index (κ1) is 19.9. The SMILES string of the molecule is CNC1CCC(c2nc(-c3cc(C(F)(F)F)ccc3O)nc(N)c2C#N)CC1. The fourth-order valence-corrected chi connectivity index (χ4v) is 3.57. The lowest BCUT2D eigenvalue weighted by molar-refractivity contribution is -0.137. The summed E-state index contributed by atoms with van der Waals surface area (Å²) in [5.41, 5.74) is 5.39. The molecule has 9 heteroatoms. The van der Waals surface area contributed by atoms with E-state index in [9.17, 15) is 23.5 Å². The number of aromatic nitrogens is 2. The Morgan fingerprint density at radius 1 is 1.21 bits per heavy atom. The molecule has 0 bridgehead atoms. The minimum absolute atomic E-state index is 0.0451. The third-order valence-corrected chi connectivity index (χ3v) is 5.16. The van der Waals surface area contributed by atoms with Crippen molar-refractivity contribution < 1.29 is 18.3 Å². The number of hydrogen-bond acceptors (Lipinski definition) is 6. The molecule has 0 aliphatic heterocycles. The largest absolute Gasteiger partial charge is 0.507 e. The molecule has 1 aromatic heterocycles. The summed E-state index contributed by atoms with van der Waals surface area (Å²) >= 11 is 0. The van der Waals surface area contributed by atoms with Crippen LogP contribution in [0.5, 0.6) is 5.75 Å². The summed E-state index contributed by atoms with van der Waals surface area (Å²) in [7, 11) is 1.89. The Bertz CT molecular complexity index is 915. The molecule has 1 fully saturated rings. The number of benzene rings is 1. The summed E-state index contributed by atoms with van der Waals surface area (Å²) in [6, 6.07) is 4.91. The lowest BCUT2D eigenvalue weighted by atomic mass is 9.82. The van der Waals surface area contributed by atoms with Crippen molar-refractivity contribution in [3.8, 4) is 23.2 Å². The Balaban J connectivity index is 2.07. The molecule has 28 heavy (non-hydrogen) atoms. The van der Waals surface area contributed by atoms with E-state index in [1.54, 1.807) is 0 Å².